The lowest BCUT2D eigenvalue weighted by molar-refractivity contribution is -0.156. The molecule has 2 rings (SSSR count). The number of rotatable bonds is 8. The second-order valence-electron chi connectivity index (χ2n) is 8.26. The fourth-order valence-corrected chi connectivity index (χ4v) is 3.01. The topological polar surface area (TPSA) is 100 Å². The quantitative estimate of drug-likeness (QED) is 0.506. The van der Waals surface area contributed by atoms with E-state index in [-0.39, 0.29) is 19.1 Å². The van der Waals surface area contributed by atoms with Crippen molar-refractivity contribution in [3.63, 3.8) is 0 Å². The fraction of sp³-hybridized carbons (Fsp3) is 0.591. The van der Waals surface area contributed by atoms with Gasteiger partial charge < -0.3 is 24.3 Å². The summed E-state index contributed by atoms with van der Waals surface area (Å²) in [6.07, 6.45) is 2.23. The van der Waals surface area contributed by atoms with Crippen LogP contribution in [0.1, 0.15) is 58.4 Å². The highest BCUT2D eigenvalue weighted by Gasteiger charge is 2.31. The average molecular weight is 421 g/mol. The summed E-state index contributed by atoms with van der Waals surface area (Å²) in [6.45, 7) is 5.17. The van der Waals surface area contributed by atoms with Gasteiger partial charge in [-0.1, -0.05) is 12.1 Å². The molecular formula is C22H31NO7. The molecule has 0 aromatic heterocycles. The number of esters is 2. The number of carbonyl (C=O) groups excluding carboxylic acids is 3. The summed E-state index contributed by atoms with van der Waals surface area (Å²) in [5.74, 6) is -0.592. The van der Waals surface area contributed by atoms with Gasteiger partial charge in [0.05, 0.1) is 13.5 Å². The Morgan fingerprint density at radius 2 is 1.73 bits per heavy atom. The van der Waals surface area contributed by atoms with Crippen LogP contribution in [0.3, 0.4) is 0 Å². The Morgan fingerprint density at radius 3 is 2.30 bits per heavy atom. The number of nitrogens with one attached hydrogen (secondary N) is 1. The predicted molar refractivity (Wildman–Crippen MR) is 109 cm³/mol. The third kappa shape index (κ3) is 8.31. The molecule has 1 aromatic rings. The van der Waals surface area contributed by atoms with Crippen LogP contribution in [0.5, 0.6) is 5.75 Å². The minimum absolute atomic E-state index is 0.0413. The van der Waals surface area contributed by atoms with Crippen LogP contribution in [0.25, 0.3) is 0 Å². The summed E-state index contributed by atoms with van der Waals surface area (Å²) < 4.78 is 21.0. The van der Waals surface area contributed by atoms with E-state index in [9.17, 15) is 14.4 Å². The summed E-state index contributed by atoms with van der Waals surface area (Å²) in [6, 6.07) is 5.89. The van der Waals surface area contributed by atoms with E-state index in [0.29, 0.717) is 5.75 Å². The molecule has 0 saturated heterocycles. The van der Waals surface area contributed by atoms with Crippen LogP contribution in [-0.2, 0) is 30.4 Å². The molecule has 8 nitrogen and oxygen atoms in total. The molecular weight excluding hydrogens is 390 g/mol. The minimum atomic E-state index is -1.18. The molecule has 1 aromatic carbocycles. The van der Waals surface area contributed by atoms with Crippen molar-refractivity contribution in [1.29, 1.82) is 0 Å². The van der Waals surface area contributed by atoms with Crippen molar-refractivity contribution in [3.05, 3.63) is 29.8 Å². The molecule has 1 saturated carbocycles. The Hall–Kier alpha value is -2.77. The van der Waals surface area contributed by atoms with Crippen molar-refractivity contribution in [2.75, 3.05) is 7.11 Å². The molecule has 1 amide bonds. The average Bonchev–Trinajstić information content (AvgIpc) is 3.17. The van der Waals surface area contributed by atoms with Crippen LogP contribution < -0.4 is 10.1 Å². The largest absolute Gasteiger partial charge is 0.497 e. The molecule has 1 atom stereocenters. The van der Waals surface area contributed by atoms with E-state index >= 15 is 0 Å². The van der Waals surface area contributed by atoms with Crippen LogP contribution >= 0.6 is 0 Å². The maximum atomic E-state index is 12.6. The van der Waals surface area contributed by atoms with Crippen molar-refractivity contribution in [2.24, 2.45) is 0 Å². The number of amides is 1. The Morgan fingerprint density at radius 1 is 1.10 bits per heavy atom. The van der Waals surface area contributed by atoms with Crippen LogP contribution in [0.4, 0.5) is 4.79 Å². The zero-order chi connectivity index (χ0) is 22.1. The molecule has 0 spiro atoms. The molecule has 0 heterocycles. The number of methoxy groups -OCH3 is 1. The van der Waals surface area contributed by atoms with Gasteiger partial charge in [0, 0.05) is 0 Å². The number of alkyl carbamates (subject to hydrolysis) is 1. The molecule has 0 unspecified atom stereocenters. The van der Waals surface area contributed by atoms with E-state index in [1.165, 1.54) is 0 Å². The molecule has 1 aliphatic rings. The first-order valence-electron chi connectivity index (χ1n) is 10.1. The highest BCUT2D eigenvalue weighted by molar-refractivity contribution is 5.86. The third-order valence-corrected chi connectivity index (χ3v) is 4.49. The van der Waals surface area contributed by atoms with Gasteiger partial charge in [0.2, 0.25) is 0 Å². The van der Waals surface area contributed by atoms with Crippen molar-refractivity contribution in [1.82, 2.24) is 5.32 Å². The second-order valence-corrected chi connectivity index (χ2v) is 8.26. The maximum absolute atomic E-state index is 12.6. The fourth-order valence-electron chi connectivity index (χ4n) is 3.01. The van der Waals surface area contributed by atoms with E-state index in [0.717, 1.165) is 31.2 Å². The summed E-state index contributed by atoms with van der Waals surface area (Å²) in [4.78, 5) is 37.0. The molecule has 0 bridgehead atoms. The van der Waals surface area contributed by atoms with E-state index in [1.54, 1.807) is 52.1 Å². The van der Waals surface area contributed by atoms with Crippen molar-refractivity contribution >= 4 is 18.0 Å². The lowest BCUT2D eigenvalue weighted by atomic mass is 10.2. The first-order chi connectivity index (χ1) is 14.2. The van der Waals surface area contributed by atoms with Gasteiger partial charge in [-0.05, 0) is 64.2 Å². The van der Waals surface area contributed by atoms with Gasteiger partial charge in [-0.15, -0.1) is 0 Å². The normalized spacial score (nSPS) is 15.2. The zero-order valence-electron chi connectivity index (χ0n) is 18.1. The zero-order valence-corrected chi connectivity index (χ0v) is 18.1. The highest BCUT2D eigenvalue weighted by atomic mass is 16.6. The number of hydrogen-bond acceptors (Lipinski definition) is 7. The molecule has 1 fully saturated rings. The van der Waals surface area contributed by atoms with Crippen LogP contribution in [0.2, 0.25) is 0 Å². The highest BCUT2D eigenvalue weighted by Crippen LogP contribution is 2.22. The van der Waals surface area contributed by atoms with Crippen LogP contribution in [-0.4, -0.2) is 42.9 Å². The number of hydrogen-bond donors (Lipinski definition) is 1. The molecule has 1 N–H and O–H groups in total. The van der Waals surface area contributed by atoms with Gasteiger partial charge in [-0.3, -0.25) is 4.79 Å². The lowest BCUT2D eigenvalue weighted by Crippen LogP contribution is -2.46. The summed E-state index contributed by atoms with van der Waals surface area (Å²) >= 11 is 0. The molecule has 30 heavy (non-hydrogen) atoms. The number of benzene rings is 1. The van der Waals surface area contributed by atoms with Gasteiger partial charge in [0.15, 0.2) is 0 Å². The monoisotopic (exact) mass is 421 g/mol. The third-order valence-electron chi connectivity index (χ3n) is 4.49. The van der Waals surface area contributed by atoms with Crippen LogP contribution in [0.15, 0.2) is 24.3 Å². The smallest absolute Gasteiger partial charge is 0.408 e. The van der Waals surface area contributed by atoms with Gasteiger partial charge >= 0.3 is 18.0 Å². The van der Waals surface area contributed by atoms with E-state index < -0.39 is 29.7 Å². The summed E-state index contributed by atoms with van der Waals surface area (Å²) in [5, 5.41) is 2.44. The molecule has 0 aliphatic heterocycles. The summed E-state index contributed by atoms with van der Waals surface area (Å²) in [5.41, 5.74) is 0.0353. The maximum Gasteiger partial charge on any atom is 0.408 e. The second kappa shape index (κ2) is 10.8. The lowest BCUT2D eigenvalue weighted by Gasteiger charge is -2.23. The van der Waals surface area contributed by atoms with Crippen LogP contribution in [0, 0.1) is 0 Å². The molecule has 8 heteroatoms. The van der Waals surface area contributed by atoms with Crippen molar-refractivity contribution in [3.8, 4) is 5.75 Å². The number of carbonyl (C=O) groups is 3. The first kappa shape index (κ1) is 23.5. The Balaban J connectivity index is 1.94. The van der Waals surface area contributed by atoms with E-state index in [4.69, 9.17) is 18.9 Å². The molecule has 0 radical (unpaired) electrons. The van der Waals surface area contributed by atoms with Crippen molar-refractivity contribution < 1.29 is 33.3 Å². The predicted octanol–water partition coefficient (Wildman–Crippen LogP) is 3.51. The van der Waals surface area contributed by atoms with Gasteiger partial charge in [-0.2, -0.15) is 0 Å². The Bertz CT molecular complexity index is 718. The van der Waals surface area contributed by atoms with Gasteiger partial charge in [-0.25, -0.2) is 9.59 Å². The molecule has 166 valence electrons. The molecule has 1 aliphatic carbocycles. The number of ether oxygens (including phenoxy) is 4. The SMILES string of the molecule is COc1ccc(COC(=O)C[C@@H](NC(=O)OC(C)(C)C)C(=O)OC2CCCC2)cc1. The van der Waals surface area contributed by atoms with E-state index in [2.05, 4.69) is 5.32 Å². The van der Waals surface area contributed by atoms with Gasteiger partial charge in [0.1, 0.15) is 30.1 Å². The van der Waals surface area contributed by atoms with Crippen molar-refractivity contribution in [2.45, 2.75) is 77.2 Å². The Labute approximate surface area is 177 Å². The minimum Gasteiger partial charge on any atom is -0.497 e. The summed E-state index contributed by atoms with van der Waals surface area (Å²) in [7, 11) is 1.57. The Kier molecular flexibility index (Phi) is 8.50. The first-order valence-corrected chi connectivity index (χ1v) is 10.1. The standard InChI is InChI=1S/C22H31NO7/c1-22(2,3)30-21(26)23-18(20(25)29-17-7-5-6-8-17)13-19(24)28-14-15-9-11-16(27-4)12-10-15/h9-12,17-18H,5-8,13-14H2,1-4H3,(H,23,26)/t18-/m1/s1. The van der Waals surface area contributed by atoms with E-state index in [1.807, 2.05) is 0 Å². The van der Waals surface area contributed by atoms with Gasteiger partial charge in [0.25, 0.3) is 0 Å².